The number of rotatable bonds is 2. The van der Waals surface area contributed by atoms with Crippen molar-refractivity contribution in [3.05, 3.63) is 34.9 Å². The highest BCUT2D eigenvalue weighted by Gasteiger charge is 2.36. The van der Waals surface area contributed by atoms with Crippen LogP contribution in [0.2, 0.25) is 0 Å². The molecule has 1 saturated carbocycles. The summed E-state index contributed by atoms with van der Waals surface area (Å²) in [4.78, 5) is 0. The van der Waals surface area contributed by atoms with E-state index >= 15 is 0 Å². The minimum absolute atomic E-state index is 0.468. The van der Waals surface area contributed by atoms with Crippen LogP contribution in [0.5, 0.6) is 0 Å². The molecule has 0 aromatic heterocycles. The summed E-state index contributed by atoms with van der Waals surface area (Å²) >= 11 is 0. The molecule has 2 unspecified atom stereocenters. The van der Waals surface area contributed by atoms with E-state index in [2.05, 4.69) is 32.0 Å². The summed E-state index contributed by atoms with van der Waals surface area (Å²) in [5.74, 6) is 1.31. The van der Waals surface area contributed by atoms with Gasteiger partial charge in [0.2, 0.25) is 0 Å². The van der Waals surface area contributed by atoms with Crippen molar-refractivity contribution in [3.8, 4) is 0 Å². The van der Waals surface area contributed by atoms with Gasteiger partial charge in [-0.3, -0.25) is 0 Å². The average molecular weight is 258 g/mol. The van der Waals surface area contributed by atoms with E-state index in [-0.39, 0.29) is 0 Å². The molecule has 1 heteroatoms. The first-order valence-corrected chi connectivity index (χ1v) is 7.87. The Bertz CT molecular complexity index is 453. The van der Waals surface area contributed by atoms with E-state index in [0.717, 1.165) is 19.3 Å². The second-order valence-corrected chi connectivity index (χ2v) is 7.21. The van der Waals surface area contributed by atoms with Crippen LogP contribution in [0, 0.1) is 11.8 Å². The zero-order chi connectivity index (χ0) is 13.5. The summed E-state index contributed by atoms with van der Waals surface area (Å²) in [6, 6.07) is 6.88. The van der Waals surface area contributed by atoms with Crippen molar-refractivity contribution in [1.82, 2.24) is 0 Å². The topological polar surface area (TPSA) is 20.2 Å². The molecule has 0 radical (unpaired) electrons. The van der Waals surface area contributed by atoms with Crippen molar-refractivity contribution in [3.63, 3.8) is 0 Å². The van der Waals surface area contributed by atoms with E-state index in [1.165, 1.54) is 42.4 Å². The first kappa shape index (κ1) is 13.2. The smallest absolute Gasteiger partial charge is 0.0693 e. The summed E-state index contributed by atoms with van der Waals surface area (Å²) in [5.41, 5.74) is 3.92. The van der Waals surface area contributed by atoms with Crippen LogP contribution >= 0.6 is 0 Å². The van der Waals surface area contributed by atoms with Crippen LogP contribution in [-0.2, 0) is 19.3 Å². The standard InChI is InChI=1S/C18H26O/c1-13-8-14(2)11-18(19,10-13)12-15-6-7-16-4-3-5-17(16)9-15/h6-7,9,13-14,19H,3-5,8,10-12H2,1-2H3. The lowest BCUT2D eigenvalue weighted by Crippen LogP contribution is -2.39. The largest absolute Gasteiger partial charge is 0.390 e. The molecular weight excluding hydrogens is 232 g/mol. The fourth-order valence-electron chi connectivity index (χ4n) is 4.49. The number of fused-ring (bicyclic) bond motifs is 1. The molecule has 0 aliphatic heterocycles. The fourth-order valence-corrected chi connectivity index (χ4v) is 4.49. The molecule has 0 amide bonds. The van der Waals surface area contributed by atoms with E-state index in [1.54, 1.807) is 0 Å². The summed E-state index contributed by atoms with van der Waals surface area (Å²) in [6.45, 7) is 4.56. The van der Waals surface area contributed by atoms with Crippen molar-refractivity contribution in [2.75, 3.05) is 0 Å². The maximum atomic E-state index is 10.9. The molecular formula is C18H26O. The van der Waals surface area contributed by atoms with Crippen LogP contribution in [0.1, 0.15) is 56.2 Å². The van der Waals surface area contributed by atoms with Gasteiger partial charge < -0.3 is 5.11 Å². The van der Waals surface area contributed by atoms with E-state index in [1.807, 2.05) is 0 Å². The summed E-state index contributed by atoms with van der Waals surface area (Å²) < 4.78 is 0. The predicted molar refractivity (Wildman–Crippen MR) is 79.3 cm³/mol. The number of aryl methyl sites for hydroxylation is 2. The van der Waals surface area contributed by atoms with Gasteiger partial charge in [-0.1, -0.05) is 32.0 Å². The molecule has 0 heterocycles. The maximum Gasteiger partial charge on any atom is 0.0693 e. The third-order valence-corrected chi connectivity index (χ3v) is 4.96. The van der Waals surface area contributed by atoms with E-state index in [0.29, 0.717) is 11.8 Å². The van der Waals surface area contributed by atoms with Crippen LogP contribution < -0.4 is 0 Å². The Morgan fingerprint density at radius 2 is 1.79 bits per heavy atom. The van der Waals surface area contributed by atoms with E-state index < -0.39 is 5.60 Å². The number of benzene rings is 1. The van der Waals surface area contributed by atoms with Gasteiger partial charge in [-0.2, -0.15) is 0 Å². The third kappa shape index (κ3) is 2.86. The molecule has 0 spiro atoms. The lowest BCUT2D eigenvalue weighted by Gasteiger charge is -2.39. The zero-order valence-corrected chi connectivity index (χ0v) is 12.3. The maximum absolute atomic E-state index is 10.9. The van der Waals surface area contributed by atoms with Crippen LogP contribution in [-0.4, -0.2) is 10.7 Å². The molecule has 2 atom stereocenters. The molecule has 1 fully saturated rings. The van der Waals surface area contributed by atoms with Gasteiger partial charge in [0.1, 0.15) is 0 Å². The van der Waals surface area contributed by atoms with Crippen LogP contribution in [0.25, 0.3) is 0 Å². The quantitative estimate of drug-likeness (QED) is 0.853. The molecule has 1 N–H and O–H groups in total. The minimum atomic E-state index is -0.468. The summed E-state index contributed by atoms with van der Waals surface area (Å²) in [6.07, 6.45) is 7.82. The Hall–Kier alpha value is -0.820. The van der Waals surface area contributed by atoms with E-state index in [9.17, 15) is 5.11 Å². The van der Waals surface area contributed by atoms with Gasteiger partial charge in [0.05, 0.1) is 5.60 Å². The predicted octanol–water partition coefficient (Wildman–Crippen LogP) is 3.91. The van der Waals surface area contributed by atoms with Crippen molar-refractivity contribution in [2.45, 2.75) is 64.4 Å². The molecule has 2 aliphatic carbocycles. The SMILES string of the molecule is CC1CC(C)CC(O)(Cc2ccc3c(c2)CCC3)C1. The zero-order valence-electron chi connectivity index (χ0n) is 12.3. The second kappa shape index (κ2) is 4.94. The average Bonchev–Trinajstić information content (AvgIpc) is 2.73. The van der Waals surface area contributed by atoms with Gasteiger partial charge >= 0.3 is 0 Å². The molecule has 19 heavy (non-hydrogen) atoms. The number of hydrogen-bond donors (Lipinski definition) is 1. The Morgan fingerprint density at radius 1 is 1.11 bits per heavy atom. The molecule has 0 saturated heterocycles. The lowest BCUT2D eigenvalue weighted by molar-refractivity contribution is -0.0304. The highest BCUT2D eigenvalue weighted by atomic mass is 16.3. The Morgan fingerprint density at radius 3 is 2.53 bits per heavy atom. The van der Waals surface area contributed by atoms with Crippen molar-refractivity contribution in [2.24, 2.45) is 11.8 Å². The van der Waals surface area contributed by atoms with Crippen LogP contribution in [0.15, 0.2) is 18.2 Å². The van der Waals surface area contributed by atoms with Gasteiger partial charge in [0.25, 0.3) is 0 Å². The Kier molecular flexibility index (Phi) is 3.42. The first-order valence-electron chi connectivity index (χ1n) is 7.87. The Balaban J connectivity index is 1.76. The molecule has 1 aromatic rings. The molecule has 1 nitrogen and oxygen atoms in total. The molecule has 0 bridgehead atoms. The number of hydrogen-bond acceptors (Lipinski definition) is 1. The monoisotopic (exact) mass is 258 g/mol. The number of aliphatic hydroxyl groups is 1. The van der Waals surface area contributed by atoms with Gasteiger partial charge in [0, 0.05) is 6.42 Å². The fraction of sp³-hybridized carbons (Fsp3) is 0.667. The van der Waals surface area contributed by atoms with Crippen molar-refractivity contribution < 1.29 is 5.11 Å². The second-order valence-electron chi connectivity index (χ2n) is 7.21. The first-order chi connectivity index (χ1) is 9.04. The highest BCUT2D eigenvalue weighted by Crippen LogP contribution is 2.38. The van der Waals surface area contributed by atoms with Crippen molar-refractivity contribution in [1.29, 1.82) is 0 Å². The minimum Gasteiger partial charge on any atom is -0.390 e. The summed E-state index contributed by atoms with van der Waals surface area (Å²) in [7, 11) is 0. The molecule has 1 aromatic carbocycles. The normalized spacial score (nSPS) is 34.3. The molecule has 104 valence electrons. The highest BCUT2D eigenvalue weighted by molar-refractivity contribution is 5.35. The third-order valence-electron chi connectivity index (χ3n) is 4.96. The lowest BCUT2D eigenvalue weighted by atomic mass is 9.71. The van der Waals surface area contributed by atoms with Gasteiger partial charge in [0.15, 0.2) is 0 Å². The molecule has 2 aliphatic rings. The summed E-state index contributed by atoms with van der Waals surface area (Å²) in [5, 5.41) is 10.9. The van der Waals surface area contributed by atoms with Gasteiger partial charge in [-0.15, -0.1) is 0 Å². The molecule has 3 rings (SSSR count). The van der Waals surface area contributed by atoms with E-state index in [4.69, 9.17) is 0 Å². The van der Waals surface area contributed by atoms with Gasteiger partial charge in [-0.25, -0.2) is 0 Å². The van der Waals surface area contributed by atoms with Crippen molar-refractivity contribution >= 4 is 0 Å². The van der Waals surface area contributed by atoms with Crippen LogP contribution in [0.4, 0.5) is 0 Å². The van der Waals surface area contributed by atoms with Gasteiger partial charge in [-0.05, 0) is 67.1 Å². The van der Waals surface area contributed by atoms with Crippen LogP contribution in [0.3, 0.4) is 0 Å². The Labute approximate surface area is 117 Å².